The lowest BCUT2D eigenvalue weighted by atomic mass is 10.2. The van der Waals surface area contributed by atoms with Gasteiger partial charge < -0.3 is 20.4 Å². The first-order valence-electron chi connectivity index (χ1n) is 9.56. The maximum Gasteiger partial charge on any atom is 0.191 e. The van der Waals surface area contributed by atoms with Crippen molar-refractivity contribution in [3.8, 4) is 0 Å². The molecule has 0 aromatic carbocycles. The van der Waals surface area contributed by atoms with E-state index >= 15 is 0 Å². The van der Waals surface area contributed by atoms with Crippen LogP contribution >= 0.6 is 24.0 Å². The van der Waals surface area contributed by atoms with E-state index < -0.39 is 0 Å². The average molecular weight is 474 g/mol. The lowest BCUT2D eigenvalue weighted by molar-refractivity contribution is 0.270. The molecule has 1 aliphatic rings. The van der Waals surface area contributed by atoms with Gasteiger partial charge in [-0.25, -0.2) is 9.98 Å². The molecule has 0 atom stereocenters. The molecule has 0 unspecified atom stereocenters. The number of nitrogens with one attached hydrogen (secondary N) is 2. The summed E-state index contributed by atoms with van der Waals surface area (Å²) < 4.78 is 0. The summed E-state index contributed by atoms with van der Waals surface area (Å²) in [7, 11) is 0. The van der Waals surface area contributed by atoms with Crippen LogP contribution in [0, 0.1) is 5.92 Å². The fourth-order valence-corrected chi connectivity index (χ4v) is 2.80. The van der Waals surface area contributed by atoms with Crippen LogP contribution in [0.25, 0.3) is 0 Å². The van der Waals surface area contributed by atoms with Crippen molar-refractivity contribution in [3.63, 3.8) is 0 Å². The number of aliphatic imine (C=N–C) groups is 1. The van der Waals surface area contributed by atoms with Crippen LogP contribution in [0.15, 0.2) is 23.3 Å². The third kappa shape index (κ3) is 7.65. The summed E-state index contributed by atoms with van der Waals surface area (Å²) in [4.78, 5) is 14.1. The summed E-state index contributed by atoms with van der Waals surface area (Å²) in [6.07, 6.45) is 1.96. The first kappa shape index (κ1) is 23.0. The van der Waals surface area contributed by atoms with Crippen LogP contribution in [-0.4, -0.2) is 61.7 Å². The normalized spacial score (nSPS) is 15.7. The SMILES string of the molecule is CCNC(=NCc1ccc(N2CCN(CC)CC2)nc1)NCC(C)C.I. The van der Waals surface area contributed by atoms with Gasteiger partial charge in [0.05, 0.1) is 6.54 Å². The van der Waals surface area contributed by atoms with Crippen molar-refractivity contribution in [2.24, 2.45) is 10.9 Å². The van der Waals surface area contributed by atoms with E-state index in [4.69, 9.17) is 0 Å². The summed E-state index contributed by atoms with van der Waals surface area (Å²) in [6.45, 7) is 16.6. The number of hydrogen-bond acceptors (Lipinski definition) is 4. The Hall–Kier alpha value is -1.09. The minimum Gasteiger partial charge on any atom is -0.357 e. The Morgan fingerprint density at radius 2 is 1.88 bits per heavy atom. The summed E-state index contributed by atoms with van der Waals surface area (Å²) in [5, 5.41) is 6.66. The number of halogens is 1. The molecule has 1 aromatic rings. The zero-order valence-electron chi connectivity index (χ0n) is 16.7. The lowest BCUT2D eigenvalue weighted by Crippen LogP contribution is -2.46. The fourth-order valence-electron chi connectivity index (χ4n) is 2.80. The number of likely N-dealkylation sites (N-methyl/N-ethyl adjacent to an activating group) is 1. The molecule has 0 spiro atoms. The zero-order valence-corrected chi connectivity index (χ0v) is 19.0. The molecule has 0 radical (unpaired) electrons. The van der Waals surface area contributed by atoms with Crippen molar-refractivity contribution < 1.29 is 0 Å². The van der Waals surface area contributed by atoms with E-state index in [1.807, 2.05) is 6.20 Å². The van der Waals surface area contributed by atoms with Crippen LogP contribution in [-0.2, 0) is 6.54 Å². The highest BCUT2D eigenvalue weighted by atomic mass is 127. The topological polar surface area (TPSA) is 55.8 Å². The van der Waals surface area contributed by atoms with Crippen LogP contribution in [0.5, 0.6) is 0 Å². The Morgan fingerprint density at radius 1 is 1.15 bits per heavy atom. The van der Waals surface area contributed by atoms with Crippen molar-refractivity contribution in [2.75, 3.05) is 50.7 Å². The quantitative estimate of drug-likeness (QED) is 0.362. The van der Waals surface area contributed by atoms with Gasteiger partial charge in [0.1, 0.15) is 5.82 Å². The molecule has 1 saturated heterocycles. The number of anilines is 1. The average Bonchev–Trinajstić information content (AvgIpc) is 2.64. The smallest absolute Gasteiger partial charge is 0.191 e. The van der Waals surface area contributed by atoms with Gasteiger partial charge in [0, 0.05) is 45.5 Å². The molecule has 148 valence electrons. The molecule has 26 heavy (non-hydrogen) atoms. The van der Waals surface area contributed by atoms with Crippen molar-refractivity contribution in [1.29, 1.82) is 0 Å². The van der Waals surface area contributed by atoms with Gasteiger partial charge in [0.15, 0.2) is 5.96 Å². The predicted molar refractivity (Wildman–Crippen MR) is 122 cm³/mol. The molecule has 1 aromatic heterocycles. The van der Waals surface area contributed by atoms with Crippen LogP contribution in [0.4, 0.5) is 5.82 Å². The van der Waals surface area contributed by atoms with Crippen molar-refractivity contribution in [2.45, 2.75) is 34.2 Å². The summed E-state index contributed by atoms with van der Waals surface area (Å²) >= 11 is 0. The van der Waals surface area contributed by atoms with Gasteiger partial charge in [-0.1, -0.05) is 26.8 Å². The Kier molecular flexibility index (Phi) is 10.9. The highest BCUT2D eigenvalue weighted by molar-refractivity contribution is 14.0. The predicted octanol–water partition coefficient (Wildman–Crippen LogP) is 2.55. The van der Waals surface area contributed by atoms with E-state index in [9.17, 15) is 0 Å². The second-order valence-electron chi connectivity index (χ2n) is 6.92. The number of pyridine rings is 1. The third-order valence-electron chi connectivity index (χ3n) is 4.39. The zero-order chi connectivity index (χ0) is 18.1. The van der Waals surface area contributed by atoms with Crippen molar-refractivity contribution >= 4 is 35.8 Å². The van der Waals surface area contributed by atoms with Crippen LogP contribution in [0.1, 0.15) is 33.3 Å². The van der Waals surface area contributed by atoms with E-state index in [-0.39, 0.29) is 24.0 Å². The Morgan fingerprint density at radius 3 is 2.42 bits per heavy atom. The maximum absolute atomic E-state index is 4.65. The molecule has 0 amide bonds. The third-order valence-corrected chi connectivity index (χ3v) is 4.39. The molecular weight excluding hydrogens is 439 g/mol. The van der Waals surface area contributed by atoms with Crippen molar-refractivity contribution in [1.82, 2.24) is 20.5 Å². The van der Waals surface area contributed by atoms with E-state index in [1.165, 1.54) is 0 Å². The van der Waals surface area contributed by atoms with E-state index in [0.29, 0.717) is 12.5 Å². The standard InChI is InChI=1S/C19H34N6.HI/c1-5-20-19(22-13-16(3)4)23-15-17-7-8-18(21-14-17)25-11-9-24(6-2)10-12-25;/h7-8,14,16H,5-6,9-13,15H2,1-4H3,(H2,20,22,23);1H. The molecule has 2 N–H and O–H groups in total. The van der Waals surface area contributed by atoms with E-state index in [1.54, 1.807) is 0 Å². The number of hydrogen-bond donors (Lipinski definition) is 2. The van der Waals surface area contributed by atoms with E-state index in [0.717, 1.165) is 63.2 Å². The number of rotatable bonds is 7. The molecule has 1 fully saturated rings. The second-order valence-corrected chi connectivity index (χ2v) is 6.92. The first-order valence-corrected chi connectivity index (χ1v) is 9.56. The molecule has 7 heteroatoms. The van der Waals surface area contributed by atoms with E-state index in [2.05, 4.69) is 70.2 Å². The number of aromatic nitrogens is 1. The largest absolute Gasteiger partial charge is 0.357 e. The highest BCUT2D eigenvalue weighted by Crippen LogP contribution is 2.14. The summed E-state index contributed by atoms with van der Waals surface area (Å²) in [6, 6.07) is 4.27. The molecule has 0 bridgehead atoms. The lowest BCUT2D eigenvalue weighted by Gasteiger charge is -2.34. The Bertz CT molecular complexity index is 523. The number of piperazine rings is 1. The first-order chi connectivity index (χ1) is 12.1. The fraction of sp³-hybridized carbons (Fsp3) is 0.684. The van der Waals surface area contributed by atoms with Gasteiger partial charge in [-0.2, -0.15) is 0 Å². The summed E-state index contributed by atoms with van der Waals surface area (Å²) in [5.41, 5.74) is 1.14. The maximum atomic E-state index is 4.65. The molecule has 2 heterocycles. The van der Waals surface area contributed by atoms with Gasteiger partial charge >= 0.3 is 0 Å². The number of guanidine groups is 1. The minimum absolute atomic E-state index is 0. The Balaban J connectivity index is 0.00000338. The van der Waals surface area contributed by atoms with Crippen molar-refractivity contribution in [3.05, 3.63) is 23.9 Å². The van der Waals surface area contributed by atoms with Gasteiger partial charge in [-0.05, 0) is 31.0 Å². The van der Waals surface area contributed by atoms with Gasteiger partial charge in [0.25, 0.3) is 0 Å². The van der Waals surface area contributed by atoms with Gasteiger partial charge in [0.2, 0.25) is 0 Å². The molecule has 1 aliphatic heterocycles. The molecule has 6 nitrogen and oxygen atoms in total. The number of nitrogens with zero attached hydrogens (tertiary/aromatic N) is 4. The van der Waals surface area contributed by atoms with Crippen LogP contribution in [0.2, 0.25) is 0 Å². The second kappa shape index (κ2) is 12.3. The highest BCUT2D eigenvalue weighted by Gasteiger charge is 2.16. The van der Waals surface area contributed by atoms with Crippen LogP contribution < -0.4 is 15.5 Å². The molecular formula is C19H35IN6. The molecule has 0 aliphatic carbocycles. The monoisotopic (exact) mass is 474 g/mol. The molecule has 2 rings (SSSR count). The van der Waals surface area contributed by atoms with Gasteiger partial charge in [-0.3, -0.25) is 0 Å². The molecule has 0 saturated carbocycles. The van der Waals surface area contributed by atoms with Gasteiger partial charge in [-0.15, -0.1) is 24.0 Å². The summed E-state index contributed by atoms with van der Waals surface area (Å²) in [5.74, 6) is 2.54. The van der Waals surface area contributed by atoms with Crippen LogP contribution in [0.3, 0.4) is 0 Å². The minimum atomic E-state index is 0. The Labute approximate surface area is 175 Å².